The first-order valence-corrected chi connectivity index (χ1v) is 12.4. The molecule has 1 saturated heterocycles. The number of hydrogen-bond donors (Lipinski definition) is 1. The normalized spacial score (nSPS) is 15.4. The molecule has 34 heavy (non-hydrogen) atoms. The molecule has 0 saturated carbocycles. The van der Waals surface area contributed by atoms with E-state index in [2.05, 4.69) is 5.32 Å². The van der Waals surface area contributed by atoms with Crippen molar-refractivity contribution in [2.24, 2.45) is 0 Å². The summed E-state index contributed by atoms with van der Waals surface area (Å²) in [6, 6.07) is 9.47. The number of nitrogens with zero attached hydrogens (tertiary/aromatic N) is 1. The minimum Gasteiger partial charge on any atom is -0.495 e. The van der Waals surface area contributed by atoms with Crippen LogP contribution in [0, 0.1) is 0 Å². The molecule has 1 aliphatic rings. The molecule has 0 bridgehead atoms. The van der Waals surface area contributed by atoms with Gasteiger partial charge in [0.1, 0.15) is 10.6 Å². The molecule has 1 heterocycles. The van der Waals surface area contributed by atoms with E-state index in [0.29, 0.717) is 30.6 Å². The largest absolute Gasteiger partial charge is 0.495 e. The first-order valence-electron chi connectivity index (χ1n) is 10.9. The van der Waals surface area contributed by atoms with Gasteiger partial charge in [-0.05, 0) is 60.7 Å². The highest BCUT2D eigenvalue weighted by Gasteiger charge is 2.30. The number of carbonyl (C=O) groups is 1. The number of carbonyl (C=O) groups excluding carboxylic acids is 1. The van der Waals surface area contributed by atoms with Gasteiger partial charge in [0.05, 0.1) is 12.7 Å². The number of hydrogen-bond acceptors (Lipinski definition) is 4. The number of piperidine rings is 1. The lowest BCUT2D eigenvalue weighted by molar-refractivity contribution is -0.137. The molecule has 0 atom stereocenters. The monoisotopic (exact) mass is 496 g/mol. The number of benzene rings is 2. The fourth-order valence-electron chi connectivity index (χ4n) is 3.66. The van der Waals surface area contributed by atoms with Gasteiger partial charge in [-0.25, -0.2) is 8.42 Å². The Morgan fingerprint density at radius 3 is 2.38 bits per heavy atom. The Balaban J connectivity index is 1.61. The fraction of sp³-hybridized carbons (Fsp3) is 0.375. The van der Waals surface area contributed by atoms with Crippen LogP contribution in [0.2, 0.25) is 0 Å². The van der Waals surface area contributed by atoms with Crippen molar-refractivity contribution in [1.82, 2.24) is 9.62 Å². The molecule has 10 heteroatoms. The topological polar surface area (TPSA) is 75.7 Å². The predicted molar refractivity (Wildman–Crippen MR) is 123 cm³/mol. The van der Waals surface area contributed by atoms with Gasteiger partial charge < -0.3 is 10.1 Å². The average Bonchev–Trinajstić information content (AvgIpc) is 2.83. The zero-order valence-electron chi connectivity index (χ0n) is 18.8. The van der Waals surface area contributed by atoms with Crippen LogP contribution in [-0.4, -0.2) is 45.4 Å². The summed E-state index contributed by atoms with van der Waals surface area (Å²) in [6.45, 7) is 1.17. The second-order valence-electron chi connectivity index (χ2n) is 7.94. The molecule has 0 aliphatic carbocycles. The highest BCUT2D eigenvalue weighted by atomic mass is 32.2. The molecule has 2 aromatic rings. The maximum atomic E-state index is 13.1. The van der Waals surface area contributed by atoms with Crippen molar-refractivity contribution in [3.8, 4) is 5.75 Å². The number of sulfonamides is 1. The minimum absolute atomic E-state index is 0.0572. The summed E-state index contributed by atoms with van der Waals surface area (Å²) in [5, 5.41) is 2.67. The molecule has 0 aromatic heterocycles. The smallest absolute Gasteiger partial charge is 0.416 e. The van der Waals surface area contributed by atoms with Crippen molar-refractivity contribution < 1.29 is 31.1 Å². The van der Waals surface area contributed by atoms with Crippen LogP contribution in [0.25, 0.3) is 6.08 Å². The van der Waals surface area contributed by atoms with Gasteiger partial charge >= 0.3 is 6.18 Å². The molecule has 1 fully saturated rings. The fourth-order valence-corrected chi connectivity index (χ4v) is 5.37. The van der Waals surface area contributed by atoms with Crippen molar-refractivity contribution >= 4 is 22.0 Å². The van der Waals surface area contributed by atoms with Gasteiger partial charge in [-0.3, -0.25) is 4.79 Å². The summed E-state index contributed by atoms with van der Waals surface area (Å²) in [4.78, 5) is 12.2. The Hall–Kier alpha value is -2.85. The SMILES string of the molecule is COc1ccc(C=CC(=O)NCCc2ccc(C(F)(F)F)cc2)cc1S(=O)(=O)N1CCCCC1. The molecule has 1 N–H and O–H groups in total. The van der Waals surface area contributed by atoms with E-state index in [1.165, 1.54) is 41.8 Å². The van der Waals surface area contributed by atoms with E-state index in [0.717, 1.165) is 31.4 Å². The van der Waals surface area contributed by atoms with Gasteiger partial charge in [0, 0.05) is 25.7 Å². The number of halogens is 3. The van der Waals surface area contributed by atoms with E-state index in [1.807, 2.05) is 0 Å². The van der Waals surface area contributed by atoms with Crippen LogP contribution >= 0.6 is 0 Å². The Morgan fingerprint density at radius 2 is 1.76 bits per heavy atom. The molecule has 1 aliphatic heterocycles. The first kappa shape index (κ1) is 25.8. The zero-order valence-corrected chi connectivity index (χ0v) is 19.6. The molecule has 0 unspecified atom stereocenters. The zero-order chi connectivity index (χ0) is 24.8. The van der Waals surface area contributed by atoms with Crippen molar-refractivity contribution in [3.63, 3.8) is 0 Å². The quantitative estimate of drug-likeness (QED) is 0.554. The number of alkyl halides is 3. The number of methoxy groups -OCH3 is 1. The lowest BCUT2D eigenvalue weighted by atomic mass is 10.1. The summed E-state index contributed by atoms with van der Waals surface area (Å²) in [6.07, 6.45) is 1.40. The average molecular weight is 497 g/mol. The van der Waals surface area contributed by atoms with E-state index in [4.69, 9.17) is 4.74 Å². The number of rotatable bonds is 8. The second kappa shape index (κ2) is 11.1. The molecule has 3 rings (SSSR count). The summed E-state index contributed by atoms with van der Waals surface area (Å²) in [5.74, 6) is -0.160. The molecule has 0 radical (unpaired) electrons. The predicted octanol–water partition coefficient (Wildman–Crippen LogP) is 4.26. The maximum Gasteiger partial charge on any atom is 0.416 e. The maximum absolute atomic E-state index is 13.1. The Morgan fingerprint density at radius 1 is 1.09 bits per heavy atom. The van der Waals surface area contributed by atoms with Crippen LogP contribution in [0.4, 0.5) is 13.2 Å². The second-order valence-corrected chi connectivity index (χ2v) is 9.85. The third-order valence-corrected chi connectivity index (χ3v) is 7.46. The van der Waals surface area contributed by atoms with Gasteiger partial charge in [-0.2, -0.15) is 17.5 Å². The Bertz CT molecular complexity index is 1120. The molecular weight excluding hydrogens is 469 g/mol. The lowest BCUT2D eigenvalue weighted by Crippen LogP contribution is -2.35. The van der Waals surface area contributed by atoms with Crippen LogP contribution in [0.1, 0.15) is 36.0 Å². The molecule has 0 spiro atoms. The van der Waals surface area contributed by atoms with E-state index >= 15 is 0 Å². The van der Waals surface area contributed by atoms with Crippen LogP contribution in [0.15, 0.2) is 53.4 Å². The Kier molecular flexibility index (Phi) is 8.37. The van der Waals surface area contributed by atoms with Gasteiger partial charge in [0.2, 0.25) is 15.9 Å². The third kappa shape index (κ3) is 6.60. The van der Waals surface area contributed by atoms with Crippen molar-refractivity contribution in [1.29, 1.82) is 0 Å². The number of nitrogens with one attached hydrogen (secondary N) is 1. The standard InChI is InChI=1S/C24H27F3N2O4S/c1-33-21-11-7-19(17-22(21)34(31,32)29-15-3-2-4-16-29)8-12-23(30)28-14-13-18-5-9-20(10-6-18)24(25,26)27/h5-12,17H,2-4,13-16H2,1H3,(H,28,30). The van der Waals surface area contributed by atoms with E-state index in [-0.39, 0.29) is 17.2 Å². The number of ether oxygens (including phenoxy) is 1. The van der Waals surface area contributed by atoms with Crippen LogP contribution in [0.5, 0.6) is 5.75 Å². The van der Waals surface area contributed by atoms with Gasteiger partial charge in [0.15, 0.2) is 0 Å². The highest BCUT2D eigenvalue weighted by Crippen LogP contribution is 2.30. The molecule has 184 valence electrons. The molecular formula is C24H27F3N2O4S. The minimum atomic E-state index is -4.38. The third-order valence-electron chi connectivity index (χ3n) is 5.54. The van der Waals surface area contributed by atoms with Crippen LogP contribution < -0.4 is 10.1 Å². The van der Waals surface area contributed by atoms with Crippen LogP contribution in [-0.2, 0) is 27.4 Å². The summed E-state index contributed by atoms with van der Waals surface area (Å²) in [7, 11) is -2.31. The lowest BCUT2D eigenvalue weighted by Gasteiger charge is -2.26. The van der Waals surface area contributed by atoms with E-state index in [1.54, 1.807) is 12.1 Å². The number of amides is 1. The van der Waals surface area contributed by atoms with Crippen molar-refractivity contribution in [2.45, 2.75) is 36.8 Å². The molecule has 2 aromatic carbocycles. The van der Waals surface area contributed by atoms with Crippen LogP contribution in [0.3, 0.4) is 0 Å². The summed E-state index contributed by atoms with van der Waals surface area (Å²) in [5.41, 5.74) is 0.471. The summed E-state index contributed by atoms with van der Waals surface area (Å²) >= 11 is 0. The van der Waals surface area contributed by atoms with E-state index < -0.39 is 27.7 Å². The highest BCUT2D eigenvalue weighted by molar-refractivity contribution is 7.89. The van der Waals surface area contributed by atoms with Crippen molar-refractivity contribution in [3.05, 3.63) is 65.2 Å². The van der Waals surface area contributed by atoms with E-state index in [9.17, 15) is 26.4 Å². The molecule has 6 nitrogen and oxygen atoms in total. The Labute approximate surface area is 197 Å². The molecule has 1 amide bonds. The van der Waals surface area contributed by atoms with Gasteiger partial charge in [-0.15, -0.1) is 0 Å². The van der Waals surface area contributed by atoms with Gasteiger partial charge in [0.25, 0.3) is 0 Å². The van der Waals surface area contributed by atoms with Crippen molar-refractivity contribution in [2.75, 3.05) is 26.7 Å². The summed E-state index contributed by atoms with van der Waals surface area (Å²) < 4.78 is 70.8. The first-order chi connectivity index (χ1) is 16.1. The van der Waals surface area contributed by atoms with Gasteiger partial charge in [-0.1, -0.05) is 24.6 Å².